The molecular formula is C50H40P+. The van der Waals surface area contributed by atoms with Gasteiger partial charge in [-0.1, -0.05) is 194 Å². The quantitative estimate of drug-likeness (QED) is 0.111. The Kier molecular flexibility index (Phi) is 10.9. The van der Waals surface area contributed by atoms with Gasteiger partial charge in [-0.25, -0.2) is 0 Å². The van der Waals surface area contributed by atoms with Gasteiger partial charge < -0.3 is 0 Å². The standard InChI is InChI=1S/C26H20.C24H20P/c1-5-13-21(14-6-1)25(22-15-7-2-8-16-22)26(23-17-9-3-10-18-23)24-19-11-4-12-20-24;1-5-13-21(14-6-1)25(22-15-7-2-8-16-22,23-17-9-3-10-18-23)24-19-11-4-12-20-24/h1-20H;1-20H/q;+1. The van der Waals surface area contributed by atoms with Gasteiger partial charge in [0.15, 0.2) is 0 Å². The van der Waals surface area contributed by atoms with Gasteiger partial charge in [0.1, 0.15) is 28.5 Å². The average molecular weight is 672 g/mol. The number of hydrogen-bond acceptors (Lipinski definition) is 0. The van der Waals surface area contributed by atoms with Crippen LogP contribution in [-0.4, -0.2) is 0 Å². The molecule has 8 aromatic rings. The van der Waals surface area contributed by atoms with Crippen molar-refractivity contribution in [3.05, 3.63) is 265 Å². The van der Waals surface area contributed by atoms with E-state index in [1.165, 1.54) is 54.6 Å². The van der Waals surface area contributed by atoms with E-state index >= 15 is 0 Å². The normalized spacial score (nSPS) is 10.7. The maximum atomic E-state index is 2.28. The smallest absolute Gasteiger partial charge is 0.0622 e. The van der Waals surface area contributed by atoms with E-state index < -0.39 is 7.26 Å². The van der Waals surface area contributed by atoms with E-state index in [-0.39, 0.29) is 0 Å². The van der Waals surface area contributed by atoms with Crippen LogP contribution in [0.25, 0.3) is 11.1 Å². The van der Waals surface area contributed by atoms with Crippen molar-refractivity contribution in [2.45, 2.75) is 0 Å². The Hall–Kier alpha value is -6.07. The molecule has 0 N–H and O–H groups in total. The van der Waals surface area contributed by atoms with Gasteiger partial charge >= 0.3 is 0 Å². The molecule has 0 unspecified atom stereocenters. The predicted molar refractivity (Wildman–Crippen MR) is 222 cm³/mol. The van der Waals surface area contributed by atoms with Crippen molar-refractivity contribution in [1.29, 1.82) is 0 Å². The summed E-state index contributed by atoms with van der Waals surface area (Å²) in [6, 6.07) is 86.4. The van der Waals surface area contributed by atoms with Crippen molar-refractivity contribution >= 4 is 39.6 Å². The second-order valence-electron chi connectivity index (χ2n) is 12.2. The summed E-state index contributed by atoms with van der Waals surface area (Å²) in [5.74, 6) is 0. The summed E-state index contributed by atoms with van der Waals surface area (Å²) >= 11 is 0. The van der Waals surface area contributed by atoms with Gasteiger partial charge in [0.2, 0.25) is 0 Å². The maximum absolute atomic E-state index is 2.28. The highest BCUT2D eigenvalue weighted by atomic mass is 31.2. The fourth-order valence-corrected chi connectivity index (χ4v) is 11.1. The molecule has 0 bridgehead atoms. The molecule has 0 saturated heterocycles. The zero-order chi connectivity index (χ0) is 34.6. The summed E-state index contributed by atoms with van der Waals surface area (Å²) in [6.45, 7) is 0. The Labute approximate surface area is 303 Å². The van der Waals surface area contributed by atoms with Crippen LogP contribution in [0.15, 0.2) is 243 Å². The summed E-state index contributed by atoms with van der Waals surface area (Å²) in [4.78, 5) is 0. The van der Waals surface area contributed by atoms with Crippen molar-refractivity contribution < 1.29 is 0 Å². The van der Waals surface area contributed by atoms with Crippen molar-refractivity contribution in [2.24, 2.45) is 0 Å². The Bertz CT molecular complexity index is 1900. The minimum Gasteiger partial charge on any atom is -0.0622 e. The van der Waals surface area contributed by atoms with Crippen molar-refractivity contribution in [2.75, 3.05) is 0 Å². The molecule has 0 aliphatic rings. The van der Waals surface area contributed by atoms with Crippen LogP contribution in [0.3, 0.4) is 0 Å². The highest BCUT2D eigenvalue weighted by molar-refractivity contribution is 8.01. The molecule has 0 spiro atoms. The first-order valence-electron chi connectivity index (χ1n) is 17.4. The van der Waals surface area contributed by atoms with Crippen LogP contribution < -0.4 is 21.2 Å². The van der Waals surface area contributed by atoms with Crippen molar-refractivity contribution in [3.8, 4) is 0 Å². The summed E-state index contributed by atoms with van der Waals surface area (Å²) in [7, 11) is -1.91. The number of rotatable bonds is 8. The van der Waals surface area contributed by atoms with E-state index in [0.717, 1.165) is 0 Å². The fraction of sp³-hybridized carbons (Fsp3) is 0. The Morgan fingerprint density at radius 1 is 0.196 bits per heavy atom. The Morgan fingerprint density at radius 3 is 0.529 bits per heavy atom. The van der Waals surface area contributed by atoms with E-state index in [4.69, 9.17) is 0 Å². The number of hydrogen-bond donors (Lipinski definition) is 0. The second kappa shape index (κ2) is 16.6. The molecular weight excluding hydrogens is 632 g/mol. The van der Waals surface area contributed by atoms with Crippen LogP contribution in [0.5, 0.6) is 0 Å². The minimum atomic E-state index is -1.91. The van der Waals surface area contributed by atoms with E-state index in [1.54, 1.807) is 0 Å². The van der Waals surface area contributed by atoms with Gasteiger partial charge in [0, 0.05) is 0 Å². The lowest BCUT2D eigenvalue weighted by Gasteiger charge is -2.27. The van der Waals surface area contributed by atoms with Crippen molar-refractivity contribution in [1.82, 2.24) is 0 Å². The summed E-state index contributed by atoms with van der Waals surface area (Å²) in [6.07, 6.45) is 0. The average Bonchev–Trinajstić information content (AvgIpc) is 3.23. The van der Waals surface area contributed by atoms with Gasteiger partial charge in [-0.05, 0) is 81.9 Å². The molecule has 0 atom stereocenters. The van der Waals surface area contributed by atoms with Gasteiger partial charge in [-0.3, -0.25) is 0 Å². The molecule has 0 aliphatic heterocycles. The monoisotopic (exact) mass is 671 g/mol. The van der Waals surface area contributed by atoms with Gasteiger partial charge in [-0.15, -0.1) is 0 Å². The number of benzene rings is 8. The molecule has 0 heterocycles. The molecule has 8 aromatic carbocycles. The zero-order valence-electron chi connectivity index (χ0n) is 28.5. The van der Waals surface area contributed by atoms with Crippen LogP contribution in [0.2, 0.25) is 0 Å². The van der Waals surface area contributed by atoms with Crippen LogP contribution in [-0.2, 0) is 0 Å². The van der Waals surface area contributed by atoms with E-state index in [1.807, 2.05) is 0 Å². The summed E-state index contributed by atoms with van der Waals surface area (Å²) < 4.78 is 0. The van der Waals surface area contributed by atoms with E-state index in [9.17, 15) is 0 Å². The summed E-state index contributed by atoms with van der Waals surface area (Å²) in [5.41, 5.74) is 7.40. The van der Waals surface area contributed by atoms with E-state index in [2.05, 4.69) is 243 Å². The Morgan fingerprint density at radius 2 is 0.353 bits per heavy atom. The molecule has 0 nitrogen and oxygen atoms in total. The fourth-order valence-electron chi connectivity index (χ4n) is 6.83. The van der Waals surface area contributed by atoms with Gasteiger partial charge in [0.25, 0.3) is 0 Å². The molecule has 0 aromatic heterocycles. The Balaban J connectivity index is 0.000000159. The molecule has 8 rings (SSSR count). The van der Waals surface area contributed by atoms with Gasteiger partial charge in [-0.2, -0.15) is 0 Å². The zero-order valence-corrected chi connectivity index (χ0v) is 29.4. The first-order valence-corrected chi connectivity index (χ1v) is 19.2. The molecule has 0 radical (unpaired) electrons. The topological polar surface area (TPSA) is 0 Å². The first kappa shape index (κ1) is 33.4. The van der Waals surface area contributed by atoms with Crippen LogP contribution in [0.4, 0.5) is 0 Å². The molecule has 0 aliphatic carbocycles. The summed E-state index contributed by atoms with van der Waals surface area (Å²) in [5, 5.41) is 5.55. The lowest BCUT2D eigenvalue weighted by atomic mass is 9.86. The van der Waals surface area contributed by atoms with Crippen LogP contribution in [0.1, 0.15) is 22.3 Å². The molecule has 0 fully saturated rings. The highest BCUT2D eigenvalue weighted by Crippen LogP contribution is 2.54. The third-order valence-electron chi connectivity index (χ3n) is 9.07. The highest BCUT2D eigenvalue weighted by Gasteiger charge is 2.47. The minimum absolute atomic E-state index is 1.22. The molecule has 244 valence electrons. The second-order valence-corrected chi connectivity index (χ2v) is 15.6. The SMILES string of the molecule is c1ccc(C(=C(c2ccccc2)c2ccccc2)c2ccccc2)cc1.c1ccc([P+](c2ccccc2)(c2ccccc2)c2ccccc2)cc1. The van der Waals surface area contributed by atoms with Crippen molar-refractivity contribution in [3.63, 3.8) is 0 Å². The molecule has 51 heavy (non-hydrogen) atoms. The first-order chi connectivity index (χ1) is 25.4. The molecule has 0 amide bonds. The maximum Gasteiger partial charge on any atom is 0.144 e. The largest absolute Gasteiger partial charge is 0.144 e. The molecule has 0 saturated carbocycles. The van der Waals surface area contributed by atoms with Gasteiger partial charge in [0.05, 0.1) is 0 Å². The van der Waals surface area contributed by atoms with Crippen LogP contribution in [0, 0.1) is 0 Å². The third-order valence-corrected chi connectivity index (χ3v) is 13.4. The van der Waals surface area contributed by atoms with Crippen LogP contribution >= 0.6 is 7.26 Å². The third kappa shape index (κ3) is 7.43. The predicted octanol–water partition coefficient (Wildman–Crippen LogP) is 11.0. The van der Waals surface area contributed by atoms with E-state index in [0.29, 0.717) is 0 Å². The molecule has 1 heteroatoms. The lowest BCUT2D eigenvalue weighted by Crippen LogP contribution is -2.38. The lowest BCUT2D eigenvalue weighted by molar-refractivity contribution is 1.50.